The lowest BCUT2D eigenvalue weighted by atomic mass is 9.97. The number of pyridine rings is 1. The Labute approximate surface area is 194 Å². The Hall–Kier alpha value is -3.55. The van der Waals surface area contributed by atoms with Crippen LogP contribution in [0.1, 0.15) is 44.4 Å². The minimum atomic E-state index is 0.0620. The Morgan fingerprint density at radius 2 is 2.12 bits per heavy atom. The SMILES string of the molecule is COc1ccc(CNc2cc(-c3cn[nH]c3[C@H]3CCN(C(C)=O)C3)ccn2)cc1OC(C)C. The number of hydrogen-bond donors (Lipinski definition) is 2. The highest BCUT2D eigenvalue weighted by Crippen LogP contribution is 2.34. The molecule has 0 saturated carbocycles. The Morgan fingerprint density at radius 1 is 1.27 bits per heavy atom. The summed E-state index contributed by atoms with van der Waals surface area (Å²) in [6.07, 6.45) is 4.64. The maximum Gasteiger partial charge on any atom is 0.219 e. The van der Waals surface area contributed by atoms with Crippen LogP contribution in [0.2, 0.25) is 0 Å². The lowest BCUT2D eigenvalue weighted by Gasteiger charge is -2.15. The number of nitrogens with zero attached hydrogens (tertiary/aromatic N) is 3. The fourth-order valence-electron chi connectivity index (χ4n) is 4.18. The molecule has 0 aliphatic carbocycles. The van der Waals surface area contributed by atoms with Crippen molar-refractivity contribution in [1.29, 1.82) is 0 Å². The molecule has 3 heterocycles. The van der Waals surface area contributed by atoms with Gasteiger partial charge in [0.15, 0.2) is 11.5 Å². The molecule has 3 aromatic rings. The van der Waals surface area contributed by atoms with Crippen molar-refractivity contribution in [2.75, 3.05) is 25.5 Å². The monoisotopic (exact) mass is 449 g/mol. The van der Waals surface area contributed by atoms with E-state index in [2.05, 4.69) is 20.5 Å². The van der Waals surface area contributed by atoms with E-state index in [0.29, 0.717) is 6.54 Å². The van der Waals surface area contributed by atoms with Gasteiger partial charge >= 0.3 is 0 Å². The summed E-state index contributed by atoms with van der Waals surface area (Å²) in [5.74, 6) is 2.60. The second-order valence-corrected chi connectivity index (χ2v) is 8.58. The van der Waals surface area contributed by atoms with Crippen LogP contribution in [-0.4, -0.2) is 52.3 Å². The number of nitrogens with one attached hydrogen (secondary N) is 2. The van der Waals surface area contributed by atoms with E-state index in [-0.39, 0.29) is 17.9 Å². The van der Waals surface area contributed by atoms with Crippen molar-refractivity contribution < 1.29 is 14.3 Å². The molecule has 8 heteroatoms. The van der Waals surface area contributed by atoms with E-state index < -0.39 is 0 Å². The molecule has 1 aromatic carbocycles. The van der Waals surface area contributed by atoms with Crippen molar-refractivity contribution in [2.24, 2.45) is 0 Å². The van der Waals surface area contributed by atoms with Crippen LogP contribution in [0.5, 0.6) is 11.5 Å². The molecule has 1 aliphatic rings. The highest BCUT2D eigenvalue weighted by Gasteiger charge is 2.28. The molecular weight excluding hydrogens is 418 g/mol. The van der Waals surface area contributed by atoms with E-state index in [1.807, 2.05) is 55.3 Å². The summed E-state index contributed by atoms with van der Waals surface area (Å²) in [5, 5.41) is 10.9. The van der Waals surface area contributed by atoms with Crippen LogP contribution in [0, 0.1) is 0 Å². The van der Waals surface area contributed by atoms with Gasteiger partial charge in [-0.15, -0.1) is 0 Å². The van der Waals surface area contributed by atoms with Crippen LogP contribution in [0.4, 0.5) is 5.82 Å². The normalized spacial score (nSPS) is 15.7. The summed E-state index contributed by atoms with van der Waals surface area (Å²) in [4.78, 5) is 18.1. The van der Waals surface area contributed by atoms with Crippen molar-refractivity contribution in [3.8, 4) is 22.6 Å². The topological polar surface area (TPSA) is 92.4 Å². The predicted molar refractivity (Wildman–Crippen MR) is 128 cm³/mol. The van der Waals surface area contributed by atoms with Gasteiger partial charge in [-0.05, 0) is 55.7 Å². The molecule has 174 valence electrons. The predicted octanol–water partition coefficient (Wildman–Crippen LogP) is 4.22. The molecule has 0 spiro atoms. The summed E-state index contributed by atoms with van der Waals surface area (Å²) in [7, 11) is 1.64. The van der Waals surface area contributed by atoms with Crippen molar-refractivity contribution in [1.82, 2.24) is 20.1 Å². The first-order valence-electron chi connectivity index (χ1n) is 11.3. The number of anilines is 1. The fourth-order valence-corrected chi connectivity index (χ4v) is 4.18. The molecule has 1 atom stereocenters. The summed E-state index contributed by atoms with van der Waals surface area (Å²) >= 11 is 0. The maximum absolute atomic E-state index is 11.7. The third-order valence-corrected chi connectivity index (χ3v) is 5.85. The molecule has 1 amide bonds. The minimum absolute atomic E-state index is 0.0620. The van der Waals surface area contributed by atoms with E-state index in [9.17, 15) is 4.79 Å². The minimum Gasteiger partial charge on any atom is -0.493 e. The molecule has 8 nitrogen and oxygen atoms in total. The average molecular weight is 450 g/mol. The van der Waals surface area contributed by atoms with Crippen LogP contribution < -0.4 is 14.8 Å². The molecule has 4 rings (SSSR count). The second kappa shape index (κ2) is 9.94. The summed E-state index contributed by atoms with van der Waals surface area (Å²) in [5.41, 5.74) is 4.23. The van der Waals surface area contributed by atoms with Crippen LogP contribution in [0.25, 0.3) is 11.1 Å². The first kappa shape index (κ1) is 22.6. The van der Waals surface area contributed by atoms with E-state index in [0.717, 1.165) is 59.2 Å². The van der Waals surface area contributed by atoms with Gasteiger partial charge in [-0.2, -0.15) is 5.10 Å². The lowest BCUT2D eigenvalue weighted by Crippen LogP contribution is -2.25. The molecule has 1 aliphatic heterocycles. The van der Waals surface area contributed by atoms with Gasteiger partial charge in [0.05, 0.1) is 19.4 Å². The third-order valence-electron chi connectivity index (χ3n) is 5.85. The number of rotatable bonds is 8. The Morgan fingerprint density at radius 3 is 2.85 bits per heavy atom. The number of aromatic amines is 1. The number of ether oxygens (including phenoxy) is 2. The third kappa shape index (κ3) is 5.27. The highest BCUT2D eigenvalue weighted by molar-refractivity contribution is 5.74. The number of H-pyrrole nitrogens is 1. The summed E-state index contributed by atoms with van der Waals surface area (Å²) < 4.78 is 11.3. The summed E-state index contributed by atoms with van der Waals surface area (Å²) in [6, 6.07) is 9.94. The zero-order valence-electron chi connectivity index (χ0n) is 19.6. The number of methoxy groups -OCH3 is 1. The van der Waals surface area contributed by atoms with Crippen molar-refractivity contribution in [2.45, 2.75) is 45.8 Å². The molecular formula is C25H31N5O3. The van der Waals surface area contributed by atoms with Gasteiger partial charge in [-0.1, -0.05) is 6.07 Å². The standard InChI is InChI=1S/C25H31N5O3/c1-16(2)33-23-11-18(5-6-22(23)32-4)13-27-24-12-19(7-9-26-24)21-14-28-29-25(21)20-8-10-30(15-20)17(3)31/h5-7,9,11-12,14,16,20H,8,10,13,15H2,1-4H3,(H,26,27)(H,28,29)/t20-/m0/s1. The maximum atomic E-state index is 11.7. The molecule has 0 bridgehead atoms. The van der Waals surface area contributed by atoms with E-state index in [1.54, 1.807) is 20.2 Å². The number of aromatic nitrogens is 3. The van der Waals surface area contributed by atoms with Gasteiger partial charge in [0.25, 0.3) is 0 Å². The largest absolute Gasteiger partial charge is 0.493 e. The van der Waals surface area contributed by atoms with Crippen molar-refractivity contribution >= 4 is 11.7 Å². The van der Waals surface area contributed by atoms with Gasteiger partial charge in [0, 0.05) is 49.9 Å². The van der Waals surface area contributed by atoms with Gasteiger partial charge in [0.2, 0.25) is 5.91 Å². The van der Waals surface area contributed by atoms with E-state index in [1.165, 1.54) is 0 Å². The van der Waals surface area contributed by atoms with Crippen molar-refractivity contribution in [3.05, 3.63) is 54.0 Å². The Bertz CT molecular complexity index is 1110. The van der Waals surface area contributed by atoms with Gasteiger partial charge in [-0.25, -0.2) is 4.98 Å². The number of carbonyl (C=O) groups excluding carboxylic acids is 1. The first-order valence-corrected chi connectivity index (χ1v) is 11.3. The molecule has 2 aromatic heterocycles. The molecule has 0 unspecified atom stereocenters. The van der Waals surface area contributed by atoms with Gasteiger partial charge in [-0.3, -0.25) is 9.89 Å². The number of amides is 1. The fraction of sp³-hybridized carbons (Fsp3) is 0.400. The summed E-state index contributed by atoms with van der Waals surface area (Å²) in [6.45, 7) is 7.71. The second-order valence-electron chi connectivity index (χ2n) is 8.58. The zero-order chi connectivity index (χ0) is 23.4. The number of hydrogen-bond acceptors (Lipinski definition) is 6. The zero-order valence-corrected chi connectivity index (χ0v) is 19.6. The smallest absolute Gasteiger partial charge is 0.219 e. The highest BCUT2D eigenvalue weighted by atomic mass is 16.5. The molecule has 1 saturated heterocycles. The number of likely N-dealkylation sites (tertiary alicyclic amines) is 1. The first-order chi connectivity index (χ1) is 15.9. The van der Waals surface area contributed by atoms with Gasteiger partial charge in [0.1, 0.15) is 5.82 Å². The molecule has 33 heavy (non-hydrogen) atoms. The lowest BCUT2D eigenvalue weighted by molar-refractivity contribution is -0.127. The van der Waals surface area contributed by atoms with E-state index in [4.69, 9.17) is 9.47 Å². The van der Waals surface area contributed by atoms with E-state index >= 15 is 0 Å². The quantitative estimate of drug-likeness (QED) is 0.535. The van der Waals surface area contributed by atoms with Crippen LogP contribution in [0.15, 0.2) is 42.7 Å². The average Bonchev–Trinajstić information content (AvgIpc) is 3.47. The Kier molecular flexibility index (Phi) is 6.82. The molecule has 0 radical (unpaired) electrons. The molecule has 1 fully saturated rings. The van der Waals surface area contributed by atoms with Crippen LogP contribution in [0.3, 0.4) is 0 Å². The van der Waals surface area contributed by atoms with Crippen LogP contribution >= 0.6 is 0 Å². The van der Waals surface area contributed by atoms with Crippen LogP contribution in [-0.2, 0) is 11.3 Å². The van der Waals surface area contributed by atoms with Gasteiger partial charge < -0.3 is 19.7 Å². The molecule has 2 N–H and O–H groups in total. The number of benzene rings is 1. The number of carbonyl (C=O) groups is 1. The Balaban J connectivity index is 1.48. The van der Waals surface area contributed by atoms with Crippen molar-refractivity contribution in [3.63, 3.8) is 0 Å².